The highest BCUT2D eigenvalue weighted by Gasteiger charge is 2.51. The van der Waals surface area contributed by atoms with Crippen LogP contribution in [0.2, 0.25) is 0 Å². The van der Waals surface area contributed by atoms with E-state index in [9.17, 15) is 9.59 Å². The van der Waals surface area contributed by atoms with Crippen molar-refractivity contribution in [2.45, 2.75) is 44.6 Å². The lowest BCUT2D eigenvalue weighted by Gasteiger charge is -2.48. The van der Waals surface area contributed by atoms with Gasteiger partial charge in [-0.1, -0.05) is 36.8 Å². The minimum absolute atomic E-state index is 0.0474. The molecule has 1 unspecified atom stereocenters. The summed E-state index contributed by atoms with van der Waals surface area (Å²) < 4.78 is 5.09. The molecule has 0 aromatic heterocycles. The van der Waals surface area contributed by atoms with Crippen LogP contribution < -0.4 is 0 Å². The molecule has 3 rings (SSSR count). The van der Waals surface area contributed by atoms with Crippen LogP contribution in [0, 0.1) is 11.3 Å². The number of ether oxygens (including phenoxy) is 1. The molecule has 0 N–H and O–H groups in total. The van der Waals surface area contributed by atoms with Gasteiger partial charge in [0.15, 0.2) is 0 Å². The van der Waals surface area contributed by atoms with Crippen LogP contribution in [0.15, 0.2) is 30.3 Å². The van der Waals surface area contributed by atoms with Crippen LogP contribution >= 0.6 is 0 Å². The van der Waals surface area contributed by atoms with E-state index < -0.39 is 0 Å². The molecule has 148 valence electrons. The fourth-order valence-electron chi connectivity index (χ4n) is 4.73. The Bertz CT molecular complexity index is 647. The van der Waals surface area contributed by atoms with Crippen molar-refractivity contribution >= 4 is 11.9 Å². The molecule has 0 radical (unpaired) electrons. The van der Waals surface area contributed by atoms with Crippen molar-refractivity contribution in [3.8, 4) is 0 Å². The normalized spacial score (nSPS) is 20.8. The van der Waals surface area contributed by atoms with E-state index in [1.165, 1.54) is 12.7 Å². The summed E-state index contributed by atoms with van der Waals surface area (Å²) in [7, 11) is 5.43. The topological polar surface area (TPSA) is 49.9 Å². The number of carbonyl (C=O) groups is 2. The molecule has 5 nitrogen and oxygen atoms in total. The molecule has 1 aliphatic carbocycles. The molecule has 1 saturated heterocycles. The van der Waals surface area contributed by atoms with Gasteiger partial charge in [0.2, 0.25) is 5.91 Å². The van der Waals surface area contributed by atoms with Gasteiger partial charge in [0.1, 0.15) is 0 Å². The maximum Gasteiger partial charge on any atom is 0.312 e. The van der Waals surface area contributed by atoms with Gasteiger partial charge < -0.3 is 9.64 Å². The standard InChI is InChI=1S/C22H32N2O3/c1-23(2)19(16-17-8-5-4-6-9-17)20(25)24-14-10-18(11-15-24)22(12-7-13-22)21(26)27-3/h4-6,8-9,18-19H,7,10-16H2,1-3H3. The second-order valence-corrected chi connectivity index (χ2v) is 8.27. The third-order valence-electron chi connectivity index (χ3n) is 6.61. The number of amides is 1. The van der Waals surface area contributed by atoms with E-state index in [1.54, 1.807) is 0 Å². The fraction of sp³-hybridized carbons (Fsp3) is 0.636. The molecule has 1 heterocycles. The van der Waals surface area contributed by atoms with E-state index in [-0.39, 0.29) is 23.3 Å². The minimum atomic E-state index is -0.283. The van der Waals surface area contributed by atoms with Crippen LogP contribution in [0.4, 0.5) is 0 Å². The molecule has 1 aliphatic heterocycles. The maximum absolute atomic E-state index is 13.2. The highest BCUT2D eigenvalue weighted by Crippen LogP contribution is 2.51. The molecular weight excluding hydrogens is 340 g/mol. The summed E-state index contributed by atoms with van der Waals surface area (Å²) >= 11 is 0. The number of piperidine rings is 1. The number of likely N-dealkylation sites (N-methyl/N-ethyl adjacent to an activating group) is 1. The number of rotatable bonds is 6. The van der Waals surface area contributed by atoms with Crippen molar-refractivity contribution in [3.63, 3.8) is 0 Å². The first-order valence-corrected chi connectivity index (χ1v) is 10.1. The molecule has 1 saturated carbocycles. The van der Waals surface area contributed by atoms with Gasteiger partial charge in [-0.2, -0.15) is 0 Å². The molecular formula is C22H32N2O3. The van der Waals surface area contributed by atoms with Gasteiger partial charge in [-0.25, -0.2) is 0 Å². The smallest absolute Gasteiger partial charge is 0.312 e. The molecule has 5 heteroatoms. The van der Waals surface area contributed by atoms with Crippen LogP contribution in [-0.2, 0) is 20.7 Å². The van der Waals surface area contributed by atoms with Gasteiger partial charge >= 0.3 is 5.97 Å². The SMILES string of the molecule is COC(=O)C1(C2CCN(C(=O)C(Cc3ccccc3)N(C)C)CC2)CCC1. The summed E-state index contributed by atoms with van der Waals surface area (Å²) in [4.78, 5) is 29.5. The lowest BCUT2D eigenvalue weighted by molar-refractivity contribution is -0.166. The first-order chi connectivity index (χ1) is 13.0. The Hall–Kier alpha value is -1.88. The van der Waals surface area contributed by atoms with Gasteiger partial charge in [0, 0.05) is 13.1 Å². The molecule has 1 amide bonds. The van der Waals surface area contributed by atoms with Crippen molar-refractivity contribution in [1.29, 1.82) is 0 Å². The molecule has 1 atom stereocenters. The molecule has 0 spiro atoms. The summed E-state index contributed by atoms with van der Waals surface area (Å²) in [5.41, 5.74) is 0.896. The number of carbonyl (C=O) groups excluding carboxylic acids is 2. The van der Waals surface area contributed by atoms with Gasteiger partial charge in [0.25, 0.3) is 0 Å². The van der Waals surface area contributed by atoms with Gasteiger partial charge in [0.05, 0.1) is 18.6 Å². The zero-order valence-corrected chi connectivity index (χ0v) is 16.8. The summed E-state index contributed by atoms with van der Waals surface area (Å²) in [5, 5.41) is 0. The van der Waals surface area contributed by atoms with E-state index >= 15 is 0 Å². The average molecular weight is 373 g/mol. The van der Waals surface area contributed by atoms with Crippen molar-refractivity contribution in [1.82, 2.24) is 9.80 Å². The molecule has 1 aromatic rings. The average Bonchev–Trinajstić information content (AvgIpc) is 2.65. The van der Waals surface area contributed by atoms with Crippen molar-refractivity contribution < 1.29 is 14.3 Å². The molecule has 2 aliphatic rings. The van der Waals surface area contributed by atoms with E-state index in [0.29, 0.717) is 5.92 Å². The number of nitrogens with zero attached hydrogens (tertiary/aromatic N) is 2. The van der Waals surface area contributed by atoms with Crippen molar-refractivity contribution in [2.75, 3.05) is 34.3 Å². The third kappa shape index (κ3) is 4.03. The van der Waals surface area contributed by atoms with Crippen LogP contribution in [0.1, 0.15) is 37.7 Å². The molecule has 1 aromatic carbocycles. The summed E-state index contributed by atoms with van der Waals surface area (Å²) in [6, 6.07) is 10.0. The summed E-state index contributed by atoms with van der Waals surface area (Å²) in [6.45, 7) is 1.47. The Kier molecular flexibility index (Phi) is 6.20. The molecule has 2 fully saturated rings. The quantitative estimate of drug-likeness (QED) is 0.721. The number of methoxy groups -OCH3 is 1. The van der Waals surface area contributed by atoms with Crippen LogP contribution in [0.25, 0.3) is 0 Å². The third-order valence-corrected chi connectivity index (χ3v) is 6.61. The zero-order chi connectivity index (χ0) is 19.4. The first-order valence-electron chi connectivity index (χ1n) is 10.1. The van der Waals surface area contributed by atoms with Crippen molar-refractivity contribution in [3.05, 3.63) is 35.9 Å². The monoisotopic (exact) mass is 372 g/mol. The lowest BCUT2D eigenvalue weighted by Crippen LogP contribution is -2.53. The second kappa shape index (κ2) is 8.42. The van der Waals surface area contributed by atoms with E-state index in [2.05, 4.69) is 12.1 Å². The zero-order valence-electron chi connectivity index (χ0n) is 16.8. The maximum atomic E-state index is 13.2. The Balaban J connectivity index is 1.62. The second-order valence-electron chi connectivity index (χ2n) is 8.27. The predicted molar refractivity (Wildman–Crippen MR) is 105 cm³/mol. The summed E-state index contributed by atoms with van der Waals surface area (Å²) in [5.74, 6) is 0.492. The van der Waals surface area contributed by atoms with E-state index in [4.69, 9.17) is 4.74 Å². The number of hydrogen-bond acceptors (Lipinski definition) is 4. The Morgan fingerprint density at radius 2 is 1.81 bits per heavy atom. The largest absolute Gasteiger partial charge is 0.469 e. The van der Waals surface area contributed by atoms with E-state index in [1.807, 2.05) is 42.1 Å². The number of hydrogen-bond donors (Lipinski definition) is 0. The number of benzene rings is 1. The molecule has 27 heavy (non-hydrogen) atoms. The van der Waals surface area contributed by atoms with Gasteiger partial charge in [-0.05, 0) is 57.7 Å². The van der Waals surface area contributed by atoms with Crippen molar-refractivity contribution in [2.24, 2.45) is 11.3 Å². The number of likely N-dealkylation sites (tertiary alicyclic amines) is 1. The Labute approximate surface area is 162 Å². The first kappa shape index (κ1) is 19.9. The minimum Gasteiger partial charge on any atom is -0.469 e. The lowest BCUT2D eigenvalue weighted by atomic mass is 9.58. The summed E-state index contributed by atoms with van der Waals surface area (Å²) in [6.07, 6.45) is 5.49. The number of esters is 1. The highest BCUT2D eigenvalue weighted by atomic mass is 16.5. The Morgan fingerprint density at radius 1 is 1.19 bits per heavy atom. The van der Waals surface area contributed by atoms with Gasteiger partial charge in [-0.15, -0.1) is 0 Å². The van der Waals surface area contributed by atoms with Crippen LogP contribution in [0.5, 0.6) is 0 Å². The van der Waals surface area contributed by atoms with Crippen LogP contribution in [-0.4, -0.2) is 62.0 Å². The predicted octanol–water partition coefficient (Wildman–Crippen LogP) is 2.74. The van der Waals surface area contributed by atoms with Crippen LogP contribution in [0.3, 0.4) is 0 Å². The van der Waals surface area contributed by atoms with E-state index in [0.717, 1.165) is 51.6 Å². The molecule has 0 bridgehead atoms. The Morgan fingerprint density at radius 3 is 2.30 bits per heavy atom. The fourth-order valence-corrected chi connectivity index (χ4v) is 4.73. The van der Waals surface area contributed by atoms with Gasteiger partial charge in [-0.3, -0.25) is 14.5 Å². The highest BCUT2D eigenvalue weighted by molar-refractivity contribution is 5.82.